The van der Waals surface area contributed by atoms with Crippen LogP contribution in [0, 0.1) is 0 Å². The van der Waals surface area contributed by atoms with Gasteiger partial charge in [0, 0.05) is 45.6 Å². The van der Waals surface area contributed by atoms with Crippen LogP contribution in [0.2, 0.25) is 0 Å². The van der Waals surface area contributed by atoms with E-state index in [4.69, 9.17) is 14.2 Å². The third-order valence-electron chi connectivity index (χ3n) is 8.19. The maximum Gasteiger partial charge on any atom is 0.416 e. The van der Waals surface area contributed by atoms with E-state index in [2.05, 4.69) is 15.3 Å². The maximum absolute atomic E-state index is 13.9. The average molecular weight is 780 g/mol. The van der Waals surface area contributed by atoms with Gasteiger partial charge in [-0.05, 0) is 66.8 Å². The molecule has 2 heterocycles. The highest BCUT2D eigenvalue weighted by Gasteiger charge is 2.37. The molecule has 2 aromatic carbocycles. The van der Waals surface area contributed by atoms with Gasteiger partial charge in [-0.15, -0.1) is 0 Å². The predicted molar refractivity (Wildman–Crippen MR) is 176 cm³/mol. The summed E-state index contributed by atoms with van der Waals surface area (Å²) in [6.07, 6.45) is -12.2. The second-order valence-electron chi connectivity index (χ2n) is 12.2. The van der Waals surface area contributed by atoms with Crippen LogP contribution in [-0.4, -0.2) is 68.1 Å². The Bertz CT molecular complexity index is 1660. The first-order valence-corrected chi connectivity index (χ1v) is 16.9. The molecule has 19 heteroatoms. The van der Waals surface area contributed by atoms with Gasteiger partial charge in [0.05, 0.1) is 61.2 Å². The molecule has 4 rings (SSSR count). The smallest absolute Gasteiger partial charge is 0.416 e. The lowest BCUT2D eigenvalue weighted by Gasteiger charge is -2.29. The average Bonchev–Trinajstić information content (AvgIpc) is 3.11. The molecule has 1 N–H and O–H groups in total. The van der Waals surface area contributed by atoms with Crippen LogP contribution in [0.25, 0.3) is 0 Å². The summed E-state index contributed by atoms with van der Waals surface area (Å²) in [5.41, 5.74) is -3.86. The molecule has 0 spiro atoms. The summed E-state index contributed by atoms with van der Waals surface area (Å²) < 4.78 is 139. The summed E-state index contributed by atoms with van der Waals surface area (Å²) in [5, 5.41) is 2.50. The topological polar surface area (TPSA) is 106 Å². The fourth-order valence-electron chi connectivity index (χ4n) is 5.51. The van der Waals surface area contributed by atoms with Crippen molar-refractivity contribution in [2.45, 2.75) is 64.2 Å². The number of alkyl halides is 9. The lowest BCUT2D eigenvalue weighted by atomic mass is 10.00. The van der Waals surface area contributed by atoms with E-state index >= 15 is 0 Å². The van der Waals surface area contributed by atoms with Gasteiger partial charge >= 0.3 is 30.6 Å². The Morgan fingerprint density at radius 3 is 2.04 bits per heavy atom. The second kappa shape index (κ2) is 18.5. The number of nitrogens with one attached hydrogen (secondary N) is 1. The van der Waals surface area contributed by atoms with Crippen LogP contribution in [-0.2, 0) is 57.0 Å². The van der Waals surface area contributed by atoms with E-state index in [0.717, 1.165) is 18.2 Å². The molecule has 1 saturated heterocycles. The number of carbonyl (C=O) groups is 2. The molecule has 1 aliphatic heterocycles. The molecule has 1 aromatic heterocycles. The molecule has 3 aromatic rings. The first-order valence-electron chi connectivity index (χ1n) is 16.9. The largest absolute Gasteiger partial charge is 0.466 e. The van der Waals surface area contributed by atoms with Crippen molar-refractivity contribution in [3.8, 4) is 0 Å². The van der Waals surface area contributed by atoms with E-state index in [0.29, 0.717) is 57.0 Å². The minimum atomic E-state index is -5.14. The number of aromatic nitrogens is 2. The number of halogens is 9. The van der Waals surface area contributed by atoms with Crippen molar-refractivity contribution < 1.29 is 63.3 Å². The van der Waals surface area contributed by atoms with Crippen molar-refractivity contribution >= 4 is 23.7 Å². The molecular weight excluding hydrogens is 741 g/mol. The molecule has 0 atom stereocenters. The predicted octanol–water partition coefficient (Wildman–Crippen LogP) is 7.58. The van der Waals surface area contributed by atoms with Crippen LogP contribution in [0.4, 0.5) is 55.9 Å². The van der Waals surface area contributed by atoms with Gasteiger partial charge in [-0.2, -0.15) is 39.5 Å². The monoisotopic (exact) mass is 779 g/mol. The number of amides is 1. The summed E-state index contributed by atoms with van der Waals surface area (Å²) in [4.78, 5) is 35.3. The summed E-state index contributed by atoms with van der Waals surface area (Å²) in [6, 6.07) is 3.80. The highest BCUT2D eigenvalue weighted by Crippen LogP contribution is 2.37. The van der Waals surface area contributed by atoms with Crippen molar-refractivity contribution in [1.82, 2.24) is 15.3 Å². The fraction of sp³-hybridized carbons (Fsp3) is 0.486. The van der Waals surface area contributed by atoms with Crippen LogP contribution >= 0.6 is 0 Å². The molecule has 1 amide bonds. The minimum Gasteiger partial charge on any atom is -0.466 e. The summed E-state index contributed by atoms with van der Waals surface area (Å²) in [7, 11) is 0. The van der Waals surface area contributed by atoms with Gasteiger partial charge in [0.1, 0.15) is 0 Å². The molecule has 0 aliphatic carbocycles. The third kappa shape index (κ3) is 12.7. The summed E-state index contributed by atoms with van der Waals surface area (Å²) in [6.45, 7) is 2.51. The number of carbonyl (C=O) groups excluding carboxylic acids is 2. The molecule has 0 saturated carbocycles. The Balaban J connectivity index is 1.60. The number of rotatable bonds is 15. The van der Waals surface area contributed by atoms with Crippen molar-refractivity contribution in [2.75, 3.05) is 55.9 Å². The highest BCUT2D eigenvalue weighted by atomic mass is 19.4. The Labute approximate surface area is 304 Å². The Morgan fingerprint density at radius 2 is 1.44 bits per heavy atom. The van der Waals surface area contributed by atoms with Crippen LogP contribution in [0.15, 0.2) is 48.8 Å². The molecule has 10 nitrogen and oxygen atoms in total. The molecule has 0 radical (unpaired) electrons. The van der Waals surface area contributed by atoms with E-state index in [1.54, 1.807) is 6.92 Å². The molecular formula is C35H38F9N5O5. The van der Waals surface area contributed by atoms with Gasteiger partial charge in [0.25, 0.3) is 0 Å². The zero-order valence-electron chi connectivity index (χ0n) is 29.0. The quantitative estimate of drug-likeness (QED) is 0.0950. The number of benzene rings is 2. The van der Waals surface area contributed by atoms with Crippen LogP contribution in [0.1, 0.15) is 59.6 Å². The third-order valence-corrected chi connectivity index (χ3v) is 8.19. The van der Waals surface area contributed by atoms with Gasteiger partial charge < -0.3 is 29.3 Å². The number of hydrogen-bond donors (Lipinski definition) is 1. The van der Waals surface area contributed by atoms with Crippen molar-refractivity contribution in [1.29, 1.82) is 0 Å². The zero-order valence-corrected chi connectivity index (χ0v) is 29.0. The lowest BCUT2D eigenvalue weighted by Crippen LogP contribution is -2.36. The number of hydrogen-bond acceptors (Lipinski definition) is 9. The second-order valence-corrected chi connectivity index (χ2v) is 12.2. The molecule has 296 valence electrons. The lowest BCUT2D eigenvalue weighted by molar-refractivity contribution is -0.144. The number of unbranched alkanes of at least 4 members (excludes halogenated alkanes) is 1. The van der Waals surface area contributed by atoms with E-state index in [1.165, 1.54) is 17.3 Å². The van der Waals surface area contributed by atoms with Gasteiger partial charge in [-0.25, -0.2) is 14.8 Å². The molecule has 0 bridgehead atoms. The molecule has 54 heavy (non-hydrogen) atoms. The van der Waals surface area contributed by atoms with Gasteiger partial charge in [-0.1, -0.05) is 6.07 Å². The van der Waals surface area contributed by atoms with E-state index in [9.17, 15) is 49.1 Å². The standard InChI is InChI=1S/C35H38F9N5O5/c1-2-53-30(50)5-3-4-9-45-32(51)54-12-8-24-6-7-26(33(36,37)38)17-25(24)22-49(31-46-19-29(20-47-31)48-10-13-52-14-11-48)21-23-15-27(34(39,40)41)18-28(16-23)35(42,43)44/h6-7,15-20H,2-5,8-14,21-22H2,1H3,(H,45,51). The molecule has 1 aliphatic rings. The van der Waals surface area contributed by atoms with Crippen molar-refractivity contribution in [2.24, 2.45) is 0 Å². The van der Waals surface area contributed by atoms with Gasteiger partial charge in [-0.3, -0.25) is 4.79 Å². The first-order chi connectivity index (χ1) is 25.4. The zero-order chi connectivity index (χ0) is 39.5. The number of ether oxygens (including phenoxy) is 3. The maximum atomic E-state index is 13.9. The van der Waals surface area contributed by atoms with Crippen LogP contribution < -0.4 is 15.1 Å². The molecule has 1 fully saturated rings. The van der Waals surface area contributed by atoms with Gasteiger partial charge in [0.15, 0.2) is 0 Å². The SMILES string of the molecule is CCOC(=O)CCCCNC(=O)OCCc1ccc(C(F)(F)F)cc1CN(Cc1cc(C(F)(F)F)cc(C(F)(F)F)c1)c1ncc(N2CCOCC2)cn1. The number of esters is 1. The number of morpholine rings is 1. The summed E-state index contributed by atoms with van der Waals surface area (Å²) >= 11 is 0. The minimum absolute atomic E-state index is 0.0170. The molecule has 0 unspecified atom stereocenters. The normalized spacial score (nSPS) is 13.8. The Hall–Kier alpha value is -4.81. The van der Waals surface area contributed by atoms with Crippen LogP contribution in [0.3, 0.4) is 0 Å². The summed E-state index contributed by atoms with van der Waals surface area (Å²) in [5.74, 6) is -0.552. The van der Waals surface area contributed by atoms with Crippen molar-refractivity contribution in [3.05, 3.63) is 82.2 Å². The fourth-order valence-corrected chi connectivity index (χ4v) is 5.51. The number of alkyl carbamates (subject to hydrolysis) is 1. The first kappa shape index (κ1) is 41.9. The van der Waals surface area contributed by atoms with E-state index in [-0.39, 0.29) is 61.7 Å². The van der Waals surface area contributed by atoms with Crippen LogP contribution in [0.5, 0.6) is 0 Å². The number of nitrogens with zero attached hydrogens (tertiary/aromatic N) is 4. The van der Waals surface area contributed by atoms with E-state index < -0.39 is 60.0 Å². The Morgan fingerprint density at radius 1 is 0.815 bits per heavy atom. The Kier molecular flexibility index (Phi) is 14.4. The highest BCUT2D eigenvalue weighted by molar-refractivity contribution is 5.69. The van der Waals surface area contributed by atoms with Gasteiger partial charge in [0.2, 0.25) is 5.95 Å². The van der Waals surface area contributed by atoms with Crippen molar-refractivity contribution in [3.63, 3.8) is 0 Å². The van der Waals surface area contributed by atoms with E-state index in [1.807, 2.05) is 4.90 Å². The number of anilines is 2.